The van der Waals surface area contributed by atoms with E-state index in [0.29, 0.717) is 16.7 Å². The Morgan fingerprint density at radius 3 is 2.19 bits per heavy atom. The van der Waals surface area contributed by atoms with Crippen LogP contribution in [0.2, 0.25) is 0 Å². The van der Waals surface area contributed by atoms with Crippen LogP contribution in [0.25, 0.3) is 0 Å². The van der Waals surface area contributed by atoms with E-state index >= 15 is 0 Å². The van der Waals surface area contributed by atoms with E-state index in [0.717, 1.165) is 5.69 Å². The van der Waals surface area contributed by atoms with Gasteiger partial charge in [-0.15, -0.1) is 6.58 Å². The molecule has 3 rings (SSSR count). The SMILES string of the molecule is C=C[C@@H](CN1C(=O)c2ccccc2C1=O)Nc1ccc(C(=O)OC)cc1. The van der Waals surface area contributed by atoms with Gasteiger partial charge in [-0.25, -0.2) is 4.79 Å². The van der Waals surface area contributed by atoms with Crippen molar-refractivity contribution in [1.29, 1.82) is 0 Å². The zero-order chi connectivity index (χ0) is 18.7. The molecule has 0 aromatic heterocycles. The minimum Gasteiger partial charge on any atom is -0.465 e. The van der Waals surface area contributed by atoms with Crippen molar-refractivity contribution in [2.24, 2.45) is 0 Å². The van der Waals surface area contributed by atoms with E-state index in [4.69, 9.17) is 0 Å². The monoisotopic (exact) mass is 350 g/mol. The van der Waals surface area contributed by atoms with Crippen LogP contribution in [0.5, 0.6) is 0 Å². The number of nitrogens with one attached hydrogen (secondary N) is 1. The summed E-state index contributed by atoms with van der Waals surface area (Å²) in [5.74, 6) is -1.02. The molecule has 6 nitrogen and oxygen atoms in total. The lowest BCUT2D eigenvalue weighted by molar-refractivity contribution is 0.0598. The topological polar surface area (TPSA) is 75.7 Å². The average Bonchev–Trinajstić information content (AvgIpc) is 2.92. The molecule has 132 valence electrons. The number of carbonyl (C=O) groups is 3. The van der Waals surface area contributed by atoms with Gasteiger partial charge in [0.2, 0.25) is 0 Å². The lowest BCUT2D eigenvalue weighted by Gasteiger charge is -2.22. The van der Waals surface area contributed by atoms with Crippen LogP contribution in [0.4, 0.5) is 5.69 Å². The number of amides is 2. The number of carbonyl (C=O) groups excluding carboxylic acids is 3. The number of rotatable bonds is 6. The van der Waals surface area contributed by atoms with Crippen molar-refractivity contribution in [2.75, 3.05) is 19.0 Å². The molecule has 26 heavy (non-hydrogen) atoms. The fourth-order valence-electron chi connectivity index (χ4n) is 2.82. The largest absolute Gasteiger partial charge is 0.465 e. The van der Waals surface area contributed by atoms with Crippen LogP contribution >= 0.6 is 0 Å². The minimum absolute atomic E-state index is 0.161. The molecule has 1 atom stereocenters. The summed E-state index contributed by atoms with van der Waals surface area (Å²) in [6.07, 6.45) is 1.64. The first kappa shape index (κ1) is 17.4. The molecule has 6 heteroatoms. The van der Waals surface area contributed by atoms with E-state index in [-0.39, 0.29) is 24.4 Å². The van der Waals surface area contributed by atoms with E-state index < -0.39 is 5.97 Å². The van der Waals surface area contributed by atoms with E-state index in [2.05, 4.69) is 16.6 Å². The van der Waals surface area contributed by atoms with Crippen molar-refractivity contribution >= 4 is 23.5 Å². The first-order valence-electron chi connectivity index (χ1n) is 8.08. The third-order valence-corrected chi connectivity index (χ3v) is 4.20. The molecule has 0 fully saturated rings. The van der Waals surface area contributed by atoms with Gasteiger partial charge in [-0.05, 0) is 36.4 Å². The number of hydrogen-bond donors (Lipinski definition) is 1. The molecule has 0 radical (unpaired) electrons. The molecule has 1 N–H and O–H groups in total. The lowest BCUT2D eigenvalue weighted by atomic mass is 10.1. The van der Waals surface area contributed by atoms with Gasteiger partial charge in [0.25, 0.3) is 11.8 Å². The number of ether oxygens (including phenoxy) is 1. The third kappa shape index (κ3) is 3.21. The van der Waals surface area contributed by atoms with E-state index in [1.807, 2.05) is 0 Å². The highest BCUT2D eigenvalue weighted by atomic mass is 16.5. The molecule has 1 heterocycles. The van der Waals surface area contributed by atoms with Crippen molar-refractivity contribution in [3.05, 3.63) is 77.9 Å². The molecule has 0 saturated heterocycles. The van der Waals surface area contributed by atoms with Crippen LogP contribution in [-0.2, 0) is 4.74 Å². The Hall–Kier alpha value is -3.41. The summed E-state index contributed by atoms with van der Waals surface area (Å²) in [5.41, 5.74) is 2.01. The molecule has 1 aliphatic heterocycles. The fourth-order valence-corrected chi connectivity index (χ4v) is 2.82. The molecular formula is C20H18N2O4. The molecule has 0 bridgehead atoms. The Balaban J connectivity index is 1.71. The first-order valence-corrected chi connectivity index (χ1v) is 8.08. The summed E-state index contributed by atoms with van der Waals surface area (Å²) >= 11 is 0. The van der Waals surface area contributed by atoms with Gasteiger partial charge in [0.1, 0.15) is 0 Å². The van der Waals surface area contributed by atoms with Gasteiger partial charge in [0, 0.05) is 5.69 Å². The van der Waals surface area contributed by atoms with Crippen LogP contribution in [-0.4, -0.2) is 42.4 Å². The molecule has 2 amide bonds. The van der Waals surface area contributed by atoms with Gasteiger partial charge in [-0.1, -0.05) is 18.2 Å². The van der Waals surface area contributed by atoms with Gasteiger partial charge in [0.15, 0.2) is 0 Å². The predicted molar refractivity (Wildman–Crippen MR) is 97.2 cm³/mol. The zero-order valence-corrected chi connectivity index (χ0v) is 14.3. The smallest absolute Gasteiger partial charge is 0.337 e. The Morgan fingerprint density at radius 2 is 1.69 bits per heavy atom. The standard InChI is InChI=1S/C20H18N2O4/c1-3-14(21-15-10-8-13(9-11-15)20(25)26-2)12-22-18(23)16-6-4-5-7-17(16)19(22)24/h3-11,14,21H,1,12H2,2H3/t14-/m0/s1. The predicted octanol–water partition coefficient (Wildman–Crippen LogP) is 2.74. The van der Waals surface area contributed by atoms with Gasteiger partial charge >= 0.3 is 5.97 Å². The second-order valence-corrected chi connectivity index (χ2v) is 5.82. The number of methoxy groups -OCH3 is 1. The van der Waals surface area contributed by atoms with Crippen LogP contribution in [0.3, 0.4) is 0 Å². The number of hydrogen-bond acceptors (Lipinski definition) is 5. The third-order valence-electron chi connectivity index (χ3n) is 4.20. The number of anilines is 1. The van der Waals surface area contributed by atoms with Crippen molar-refractivity contribution in [1.82, 2.24) is 4.90 Å². The fraction of sp³-hybridized carbons (Fsp3) is 0.150. The minimum atomic E-state index is -0.414. The van der Waals surface area contributed by atoms with Crippen LogP contribution in [0.1, 0.15) is 31.1 Å². The van der Waals surface area contributed by atoms with E-state index in [1.54, 1.807) is 54.6 Å². The van der Waals surface area contributed by atoms with Crippen molar-refractivity contribution in [2.45, 2.75) is 6.04 Å². The van der Waals surface area contributed by atoms with Crippen LogP contribution in [0, 0.1) is 0 Å². The summed E-state index contributed by atoms with van der Waals surface area (Å²) in [6, 6.07) is 13.2. The summed E-state index contributed by atoms with van der Waals surface area (Å²) in [6.45, 7) is 3.93. The van der Waals surface area contributed by atoms with E-state index in [9.17, 15) is 14.4 Å². The Bertz CT molecular complexity index is 839. The maximum absolute atomic E-state index is 12.5. The maximum Gasteiger partial charge on any atom is 0.337 e. The van der Waals surface area contributed by atoms with Gasteiger partial charge in [0.05, 0.1) is 36.4 Å². The normalized spacial score (nSPS) is 14.0. The van der Waals surface area contributed by atoms with Crippen LogP contribution < -0.4 is 5.32 Å². The number of esters is 1. The summed E-state index contributed by atoms with van der Waals surface area (Å²) in [5, 5.41) is 3.19. The highest BCUT2D eigenvalue weighted by molar-refractivity contribution is 6.21. The number of nitrogens with zero attached hydrogens (tertiary/aromatic N) is 1. The maximum atomic E-state index is 12.5. The van der Waals surface area contributed by atoms with Gasteiger partial charge < -0.3 is 10.1 Å². The summed E-state index contributed by atoms with van der Waals surface area (Å²) < 4.78 is 4.66. The average molecular weight is 350 g/mol. The first-order chi connectivity index (χ1) is 12.5. The highest BCUT2D eigenvalue weighted by Crippen LogP contribution is 2.23. The van der Waals surface area contributed by atoms with E-state index in [1.165, 1.54) is 12.0 Å². The Kier molecular flexibility index (Phi) is 4.84. The molecule has 1 aliphatic rings. The number of benzene rings is 2. The quantitative estimate of drug-likeness (QED) is 0.492. The molecule has 0 aliphatic carbocycles. The second kappa shape index (κ2) is 7.23. The lowest BCUT2D eigenvalue weighted by Crippen LogP contribution is -2.39. The van der Waals surface area contributed by atoms with Crippen molar-refractivity contribution < 1.29 is 19.1 Å². The molecule has 2 aromatic carbocycles. The van der Waals surface area contributed by atoms with Crippen molar-refractivity contribution in [3.63, 3.8) is 0 Å². The Labute approximate surface area is 151 Å². The second-order valence-electron chi connectivity index (χ2n) is 5.82. The zero-order valence-electron chi connectivity index (χ0n) is 14.3. The molecule has 0 saturated carbocycles. The molecule has 0 spiro atoms. The van der Waals surface area contributed by atoms with Crippen molar-refractivity contribution in [3.8, 4) is 0 Å². The molecular weight excluding hydrogens is 332 g/mol. The highest BCUT2D eigenvalue weighted by Gasteiger charge is 2.35. The summed E-state index contributed by atoms with van der Waals surface area (Å²) in [7, 11) is 1.32. The van der Waals surface area contributed by atoms with Gasteiger partial charge in [-0.3, -0.25) is 14.5 Å². The molecule has 0 unspecified atom stereocenters. The molecule has 2 aromatic rings. The Morgan fingerprint density at radius 1 is 1.12 bits per heavy atom. The number of imide groups is 1. The van der Waals surface area contributed by atoms with Crippen LogP contribution in [0.15, 0.2) is 61.2 Å². The summed E-state index contributed by atoms with van der Waals surface area (Å²) in [4.78, 5) is 37.6. The number of fused-ring (bicyclic) bond motifs is 1. The van der Waals surface area contributed by atoms with Gasteiger partial charge in [-0.2, -0.15) is 0 Å².